The average molecular weight is 304 g/mol. The van der Waals surface area contributed by atoms with Gasteiger partial charge in [-0.1, -0.05) is 13.8 Å². The lowest BCUT2D eigenvalue weighted by Gasteiger charge is -2.29. The van der Waals surface area contributed by atoms with E-state index in [1.165, 1.54) is 6.92 Å². The zero-order valence-electron chi connectivity index (χ0n) is 13.9. The van der Waals surface area contributed by atoms with Crippen LogP contribution in [0.4, 0.5) is 11.4 Å². The van der Waals surface area contributed by atoms with Crippen LogP contribution >= 0.6 is 0 Å². The third-order valence-corrected chi connectivity index (χ3v) is 3.53. The van der Waals surface area contributed by atoms with Crippen molar-refractivity contribution in [2.45, 2.75) is 34.6 Å². The van der Waals surface area contributed by atoms with E-state index >= 15 is 0 Å². The molecular formula is C17H24N2O3. The van der Waals surface area contributed by atoms with E-state index in [9.17, 15) is 9.59 Å². The van der Waals surface area contributed by atoms with E-state index in [2.05, 4.69) is 19.2 Å². The first-order chi connectivity index (χ1) is 10.2. The molecule has 0 saturated carbocycles. The van der Waals surface area contributed by atoms with Crippen molar-refractivity contribution in [2.24, 2.45) is 11.3 Å². The Morgan fingerprint density at radius 1 is 1.41 bits per heavy atom. The number of carbonyl (C=O) groups is 2. The Labute approximate surface area is 131 Å². The van der Waals surface area contributed by atoms with Crippen molar-refractivity contribution in [1.29, 1.82) is 0 Å². The fourth-order valence-electron chi connectivity index (χ4n) is 2.47. The molecule has 2 rings (SSSR count). The van der Waals surface area contributed by atoms with E-state index in [0.717, 1.165) is 5.69 Å². The second-order valence-corrected chi connectivity index (χ2v) is 6.85. The molecule has 0 spiro atoms. The fraction of sp³-hybridized carbons (Fsp3) is 0.529. The number of ether oxygens (including phenoxy) is 1. The molecule has 1 N–H and O–H groups in total. The molecule has 1 aliphatic rings. The van der Waals surface area contributed by atoms with E-state index in [4.69, 9.17) is 4.74 Å². The Kier molecular flexibility index (Phi) is 4.44. The number of rotatable bonds is 3. The third-order valence-electron chi connectivity index (χ3n) is 3.53. The fourth-order valence-corrected chi connectivity index (χ4v) is 2.47. The highest BCUT2D eigenvalue weighted by molar-refractivity contribution is 6.00. The molecule has 1 aromatic rings. The van der Waals surface area contributed by atoms with Crippen molar-refractivity contribution in [1.82, 2.24) is 0 Å². The number of benzene rings is 1. The van der Waals surface area contributed by atoms with Gasteiger partial charge in [-0.2, -0.15) is 0 Å². The van der Waals surface area contributed by atoms with E-state index in [1.807, 2.05) is 19.9 Å². The second kappa shape index (κ2) is 5.99. The van der Waals surface area contributed by atoms with Crippen LogP contribution in [0.5, 0.6) is 5.75 Å². The number of nitrogens with zero attached hydrogens (tertiary/aromatic N) is 1. The number of fused-ring (bicyclic) bond motifs is 1. The number of anilines is 2. The standard InChI is InChI=1S/C17H24N2O3/c1-11(2)9-19-14-8-13(18-12(3)20)6-7-15(14)22-10-17(4,5)16(19)21/h6-8,11H,9-10H2,1-5H3,(H,18,20). The summed E-state index contributed by atoms with van der Waals surface area (Å²) in [6.45, 7) is 10.3. The maximum absolute atomic E-state index is 12.9. The maximum atomic E-state index is 12.9. The highest BCUT2D eigenvalue weighted by atomic mass is 16.5. The molecule has 0 radical (unpaired) electrons. The Bertz CT molecular complexity index is 594. The summed E-state index contributed by atoms with van der Waals surface area (Å²) < 4.78 is 5.83. The zero-order valence-corrected chi connectivity index (χ0v) is 13.9. The molecule has 5 nitrogen and oxygen atoms in total. The smallest absolute Gasteiger partial charge is 0.236 e. The summed E-state index contributed by atoms with van der Waals surface area (Å²) in [7, 11) is 0. The van der Waals surface area contributed by atoms with Gasteiger partial charge in [-0.25, -0.2) is 0 Å². The van der Waals surface area contributed by atoms with Gasteiger partial charge in [0, 0.05) is 19.2 Å². The van der Waals surface area contributed by atoms with Gasteiger partial charge in [0.15, 0.2) is 0 Å². The van der Waals surface area contributed by atoms with Crippen LogP contribution in [-0.4, -0.2) is 25.0 Å². The zero-order chi connectivity index (χ0) is 16.5. The minimum atomic E-state index is -0.581. The number of hydrogen-bond donors (Lipinski definition) is 1. The quantitative estimate of drug-likeness (QED) is 0.933. The van der Waals surface area contributed by atoms with Crippen molar-refractivity contribution in [3.8, 4) is 5.75 Å². The predicted octanol–water partition coefficient (Wildman–Crippen LogP) is 3.05. The van der Waals surface area contributed by atoms with Crippen LogP contribution < -0.4 is 15.0 Å². The molecule has 1 aromatic carbocycles. The number of amides is 2. The van der Waals surface area contributed by atoms with E-state index < -0.39 is 5.41 Å². The third kappa shape index (κ3) is 3.40. The normalized spacial score (nSPS) is 16.8. The van der Waals surface area contributed by atoms with Gasteiger partial charge >= 0.3 is 0 Å². The molecule has 22 heavy (non-hydrogen) atoms. The average Bonchev–Trinajstić information content (AvgIpc) is 2.49. The van der Waals surface area contributed by atoms with Crippen LogP contribution in [-0.2, 0) is 9.59 Å². The van der Waals surface area contributed by atoms with Gasteiger partial charge in [0.25, 0.3) is 0 Å². The van der Waals surface area contributed by atoms with Crippen LogP contribution in [0, 0.1) is 11.3 Å². The minimum Gasteiger partial charge on any atom is -0.490 e. The van der Waals surface area contributed by atoms with Gasteiger partial charge in [0.1, 0.15) is 12.4 Å². The summed E-state index contributed by atoms with van der Waals surface area (Å²) in [6, 6.07) is 5.40. The molecule has 0 fully saturated rings. The van der Waals surface area contributed by atoms with Crippen molar-refractivity contribution < 1.29 is 14.3 Å². The Balaban J connectivity index is 2.48. The molecular weight excluding hydrogens is 280 g/mol. The monoisotopic (exact) mass is 304 g/mol. The summed E-state index contributed by atoms with van der Waals surface area (Å²) in [6.07, 6.45) is 0. The van der Waals surface area contributed by atoms with Gasteiger partial charge in [0.2, 0.25) is 11.8 Å². The Morgan fingerprint density at radius 2 is 2.09 bits per heavy atom. The van der Waals surface area contributed by atoms with E-state index in [1.54, 1.807) is 17.0 Å². The van der Waals surface area contributed by atoms with Gasteiger partial charge in [-0.15, -0.1) is 0 Å². The molecule has 0 aliphatic carbocycles. The SMILES string of the molecule is CC(=O)Nc1ccc2c(c1)N(CC(C)C)C(=O)C(C)(C)CO2. The summed E-state index contributed by atoms with van der Waals surface area (Å²) in [5, 5.41) is 2.75. The van der Waals surface area contributed by atoms with Crippen LogP contribution in [0.2, 0.25) is 0 Å². The molecule has 0 bridgehead atoms. The first kappa shape index (κ1) is 16.3. The maximum Gasteiger partial charge on any atom is 0.236 e. The summed E-state index contributed by atoms with van der Waals surface area (Å²) >= 11 is 0. The lowest BCUT2D eigenvalue weighted by atomic mass is 9.92. The highest BCUT2D eigenvalue weighted by Gasteiger charge is 2.38. The highest BCUT2D eigenvalue weighted by Crippen LogP contribution is 2.38. The molecule has 0 aromatic heterocycles. The Hall–Kier alpha value is -2.04. The van der Waals surface area contributed by atoms with E-state index in [-0.39, 0.29) is 11.8 Å². The molecule has 120 valence electrons. The molecule has 0 saturated heterocycles. The summed E-state index contributed by atoms with van der Waals surface area (Å²) in [5.41, 5.74) is 0.800. The van der Waals surface area contributed by atoms with Gasteiger partial charge in [-0.05, 0) is 38.0 Å². The van der Waals surface area contributed by atoms with Crippen LogP contribution in [0.15, 0.2) is 18.2 Å². The molecule has 0 atom stereocenters. The first-order valence-corrected chi connectivity index (χ1v) is 7.57. The first-order valence-electron chi connectivity index (χ1n) is 7.57. The number of carbonyl (C=O) groups excluding carboxylic acids is 2. The second-order valence-electron chi connectivity index (χ2n) is 6.85. The number of hydrogen-bond acceptors (Lipinski definition) is 3. The van der Waals surface area contributed by atoms with Gasteiger partial charge < -0.3 is 15.0 Å². The predicted molar refractivity (Wildman–Crippen MR) is 87.2 cm³/mol. The lowest BCUT2D eigenvalue weighted by Crippen LogP contribution is -2.43. The van der Waals surface area contributed by atoms with Gasteiger partial charge in [-0.3, -0.25) is 9.59 Å². The molecule has 0 unspecified atom stereocenters. The van der Waals surface area contributed by atoms with Crippen molar-refractivity contribution in [3.05, 3.63) is 18.2 Å². The topological polar surface area (TPSA) is 58.6 Å². The number of nitrogens with one attached hydrogen (secondary N) is 1. The summed E-state index contributed by atoms with van der Waals surface area (Å²) in [4.78, 5) is 25.9. The van der Waals surface area contributed by atoms with Crippen LogP contribution in [0.3, 0.4) is 0 Å². The lowest BCUT2D eigenvalue weighted by molar-refractivity contribution is -0.127. The summed E-state index contributed by atoms with van der Waals surface area (Å²) in [5.74, 6) is 0.903. The van der Waals surface area contributed by atoms with Crippen molar-refractivity contribution >= 4 is 23.2 Å². The molecule has 1 heterocycles. The minimum absolute atomic E-state index is 0.0416. The molecule has 1 aliphatic heterocycles. The van der Waals surface area contributed by atoms with Crippen LogP contribution in [0.1, 0.15) is 34.6 Å². The van der Waals surface area contributed by atoms with E-state index in [0.29, 0.717) is 30.5 Å². The van der Waals surface area contributed by atoms with Crippen molar-refractivity contribution in [3.63, 3.8) is 0 Å². The Morgan fingerprint density at radius 3 is 2.68 bits per heavy atom. The van der Waals surface area contributed by atoms with Crippen LogP contribution in [0.25, 0.3) is 0 Å². The molecule has 5 heteroatoms. The van der Waals surface area contributed by atoms with Crippen molar-refractivity contribution in [2.75, 3.05) is 23.4 Å². The largest absolute Gasteiger partial charge is 0.490 e. The van der Waals surface area contributed by atoms with Gasteiger partial charge in [0.05, 0.1) is 11.1 Å². The molecule has 2 amide bonds.